The molecule has 0 saturated heterocycles. The quantitative estimate of drug-likeness (QED) is 0.679. The molecule has 26 heavy (non-hydrogen) atoms. The van der Waals surface area contributed by atoms with Gasteiger partial charge in [0.25, 0.3) is 0 Å². The Balaban J connectivity index is 1.57. The van der Waals surface area contributed by atoms with E-state index in [-0.39, 0.29) is 0 Å². The van der Waals surface area contributed by atoms with Gasteiger partial charge in [-0.3, -0.25) is 4.98 Å². The van der Waals surface area contributed by atoms with Gasteiger partial charge in [0.1, 0.15) is 19.7 Å². The molecular weight excluding hydrogens is 324 g/mol. The highest BCUT2D eigenvalue weighted by Crippen LogP contribution is 2.28. The Kier molecular flexibility index (Phi) is 6.23. The lowest BCUT2D eigenvalue weighted by Gasteiger charge is -2.12. The van der Waals surface area contributed by atoms with E-state index in [1.807, 2.05) is 36.7 Å². The first-order valence-corrected chi connectivity index (χ1v) is 8.80. The maximum Gasteiger partial charge on any atom is 0.161 e. The fourth-order valence-corrected chi connectivity index (χ4v) is 2.73. The van der Waals surface area contributed by atoms with Crippen molar-refractivity contribution in [3.05, 3.63) is 89.2 Å². The summed E-state index contributed by atoms with van der Waals surface area (Å²) in [6.45, 7) is 4.43. The number of rotatable bonds is 8. The van der Waals surface area contributed by atoms with E-state index in [4.69, 9.17) is 9.47 Å². The number of ether oxygens (including phenoxy) is 2. The number of benzene rings is 2. The van der Waals surface area contributed by atoms with E-state index in [2.05, 4.69) is 47.6 Å². The molecule has 0 bridgehead atoms. The Bertz CT molecular complexity index is 817. The molecule has 0 aliphatic rings. The summed E-state index contributed by atoms with van der Waals surface area (Å²) in [6.07, 6.45) is 3.65. The monoisotopic (exact) mass is 349 g/mol. The molecule has 134 valence electrons. The van der Waals surface area contributed by atoms with Crippen molar-refractivity contribution in [3.63, 3.8) is 0 Å². The zero-order valence-corrected chi connectivity index (χ0v) is 15.3. The Labute approximate surface area is 154 Å². The van der Waals surface area contributed by atoms with Crippen molar-refractivity contribution in [1.29, 1.82) is 0 Å². The van der Waals surface area contributed by atoms with Crippen molar-refractivity contribution >= 4 is 0 Å². The first-order valence-electron chi connectivity index (χ1n) is 8.80. The average molecular weight is 349 g/mol. The van der Waals surface area contributed by atoms with Crippen molar-refractivity contribution in [2.24, 2.45) is 0 Å². The Morgan fingerprint density at radius 3 is 2.23 bits per heavy atom. The van der Waals surface area contributed by atoms with Gasteiger partial charge in [-0.25, -0.2) is 0 Å². The van der Waals surface area contributed by atoms with Gasteiger partial charge in [0.05, 0.1) is 7.11 Å². The molecule has 3 aromatic rings. The molecular formula is C22H25N2O2+. The molecule has 4 nitrogen and oxygen atoms in total. The Morgan fingerprint density at radius 2 is 1.50 bits per heavy atom. The Hall–Kier alpha value is -2.85. The highest BCUT2D eigenvalue weighted by Gasteiger charge is 2.07. The van der Waals surface area contributed by atoms with Crippen molar-refractivity contribution in [2.75, 3.05) is 7.11 Å². The van der Waals surface area contributed by atoms with Gasteiger partial charge in [0.2, 0.25) is 0 Å². The smallest absolute Gasteiger partial charge is 0.161 e. The van der Waals surface area contributed by atoms with Crippen LogP contribution in [0.5, 0.6) is 11.5 Å². The third-order valence-corrected chi connectivity index (χ3v) is 4.25. The first-order chi connectivity index (χ1) is 12.7. The van der Waals surface area contributed by atoms with Gasteiger partial charge in [0, 0.05) is 23.5 Å². The third-order valence-electron chi connectivity index (χ3n) is 4.25. The average Bonchev–Trinajstić information content (AvgIpc) is 2.69. The van der Waals surface area contributed by atoms with E-state index in [1.54, 1.807) is 7.11 Å². The van der Waals surface area contributed by atoms with Gasteiger partial charge in [-0.05, 0) is 42.8 Å². The van der Waals surface area contributed by atoms with Gasteiger partial charge in [-0.2, -0.15) is 0 Å². The normalized spacial score (nSPS) is 10.5. The maximum absolute atomic E-state index is 5.94. The standard InChI is InChI=1S/C22H24N2O2/c1-17-3-5-19(6-4-17)16-26-21-8-7-20(13-22(21)25-2)15-24-14-18-9-11-23-12-10-18/h3-13,24H,14-16H2,1-2H3/p+1. The molecule has 2 N–H and O–H groups in total. The van der Waals surface area contributed by atoms with Crippen LogP contribution in [-0.4, -0.2) is 12.1 Å². The van der Waals surface area contributed by atoms with E-state index in [0.717, 1.165) is 30.2 Å². The van der Waals surface area contributed by atoms with Crippen LogP contribution >= 0.6 is 0 Å². The largest absolute Gasteiger partial charge is 0.493 e. The van der Waals surface area contributed by atoms with Gasteiger partial charge in [0.15, 0.2) is 11.5 Å². The van der Waals surface area contributed by atoms with Crippen molar-refractivity contribution in [1.82, 2.24) is 4.98 Å². The number of pyridine rings is 1. The molecule has 0 amide bonds. The molecule has 4 heteroatoms. The molecule has 0 radical (unpaired) electrons. The molecule has 0 saturated carbocycles. The van der Waals surface area contributed by atoms with E-state index in [0.29, 0.717) is 6.61 Å². The van der Waals surface area contributed by atoms with Crippen LogP contribution in [0.3, 0.4) is 0 Å². The molecule has 2 aromatic carbocycles. The molecule has 0 aliphatic carbocycles. The van der Waals surface area contributed by atoms with Crippen LogP contribution < -0.4 is 14.8 Å². The number of nitrogens with zero attached hydrogens (tertiary/aromatic N) is 1. The summed E-state index contributed by atoms with van der Waals surface area (Å²) in [6, 6.07) is 18.6. The lowest BCUT2D eigenvalue weighted by atomic mass is 10.1. The summed E-state index contributed by atoms with van der Waals surface area (Å²) in [5.41, 5.74) is 4.87. The molecule has 0 spiro atoms. The minimum absolute atomic E-state index is 0.532. The van der Waals surface area contributed by atoms with Crippen LogP contribution in [-0.2, 0) is 19.7 Å². The van der Waals surface area contributed by atoms with Crippen LogP contribution in [0.25, 0.3) is 0 Å². The molecule has 0 unspecified atom stereocenters. The van der Waals surface area contributed by atoms with E-state index >= 15 is 0 Å². The lowest BCUT2D eigenvalue weighted by Crippen LogP contribution is -2.80. The summed E-state index contributed by atoms with van der Waals surface area (Å²) in [5, 5.41) is 2.26. The zero-order valence-electron chi connectivity index (χ0n) is 15.3. The molecule has 1 heterocycles. The molecule has 0 aliphatic heterocycles. The van der Waals surface area contributed by atoms with E-state index < -0.39 is 0 Å². The fraction of sp³-hybridized carbons (Fsp3) is 0.227. The summed E-state index contributed by atoms with van der Waals surface area (Å²) >= 11 is 0. The van der Waals surface area contributed by atoms with E-state index in [1.165, 1.54) is 16.7 Å². The molecule has 3 rings (SSSR count). The number of aromatic nitrogens is 1. The topological polar surface area (TPSA) is 48.0 Å². The summed E-state index contributed by atoms with van der Waals surface area (Å²) in [5.74, 6) is 1.54. The van der Waals surface area contributed by atoms with Gasteiger partial charge in [-0.1, -0.05) is 29.8 Å². The number of hydrogen-bond donors (Lipinski definition) is 1. The summed E-state index contributed by atoms with van der Waals surface area (Å²) in [7, 11) is 1.68. The van der Waals surface area contributed by atoms with Crippen LogP contribution in [0.2, 0.25) is 0 Å². The fourth-order valence-electron chi connectivity index (χ4n) is 2.73. The number of quaternary nitrogens is 1. The molecule has 0 atom stereocenters. The summed E-state index contributed by atoms with van der Waals surface area (Å²) < 4.78 is 11.5. The minimum atomic E-state index is 0.532. The first kappa shape index (κ1) is 18.0. The predicted octanol–water partition coefficient (Wildman–Crippen LogP) is 3.24. The predicted molar refractivity (Wildman–Crippen MR) is 102 cm³/mol. The number of aryl methyl sites for hydroxylation is 1. The van der Waals surface area contributed by atoms with Crippen LogP contribution in [0, 0.1) is 6.92 Å². The molecule has 1 aromatic heterocycles. The van der Waals surface area contributed by atoms with E-state index in [9.17, 15) is 0 Å². The highest BCUT2D eigenvalue weighted by molar-refractivity contribution is 5.43. The SMILES string of the molecule is COc1cc(C[NH2+]Cc2ccncc2)ccc1OCc1ccc(C)cc1. The van der Waals surface area contributed by atoms with Gasteiger partial charge in [-0.15, -0.1) is 0 Å². The van der Waals surface area contributed by atoms with Crippen molar-refractivity contribution in [2.45, 2.75) is 26.6 Å². The van der Waals surface area contributed by atoms with Crippen molar-refractivity contribution < 1.29 is 14.8 Å². The maximum atomic E-state index is 5.94. The van der Waals surface area contributed by atoms with Crippen LogP contribution in [0.4, 0.5) is 0 Å². The second-order valence-corrected chi connectivity index (χ2v) is 6.31. The third kappa shape index (κ3) is 5.07. The zero-order chi connectivity index (χ0) is 18.2. The Morgan fingerprint density at radius 1 is 0.808 bits per heavy atom. The molecule has 0 fully saturated rings. The van der Waals surface area contributed by atoms with Crippen LogP contribution in [0.15, 0.2) is 67.0 Å². The summed E-state index contributed by atoms with van der Waals surface area (Å²) in [4.78, 5) is 4.04. The second kappa shape index (κ2) is 9.02. The van der Waals surface area contributed by atoms with Crippen LogP contribution in [0.1, 0.15) is 22.3 Å². The van der Waals surface area contributed by atoms with Gasteiger partial charge < -0.3 is 14.8 Å². The number of methoxy groups -OCH3 is 1. The number of nitrogens with two attached hydrogens (primary N) is 1. The minimum Gasteiger partial charge on any atom is -0.493 e. The lowest BCUT2D eigenvalue weighted by molar-refractivity contribution is -0.686. The second-order valence-electron chi connectivity index (χ2n) is 6.31. The highest BCUT2D eigenvalue weighted by atomic mass is 16.5. The van der Waals surface area contributed by atoms with Gasteiger partial charge >= 0.3 is 0 Å². The van der Waals surface area contributed by atoms with Crippen molar-refractivity contribution in [3.8, 4) is 11.5 Å². The number of hydrogen-bond acceptors (Lipinski definition) is 3.